The first-order valence-electron chi connectivity index (χ1n) is 6.01. The first-order valence-corrected chi connectivity index (χ1v) is 6.01. The molecule has 1 unspecified atom stereocenters. The second-order valence-corrected chi connectivity index (χ2v) is 4.41. The van der Waals surface area contributed by atoms with Crippen molar-refractivity contribution in [1.29, 1.82) is 5.26 Å². The monoisotopic (exact) mass is 271 g/mol. The van der Waals surface area contributed by atoms with Crippen LogP contribution in [-0.4, -0.2) is 20.5 Å². The standard InChI is InChI=1S/C13H13N5O2/c1-10(8-17-5-4-15-9-17)16-12-3-2-11(7-14)13(6-12)18(19)20/h2-6,9-10,16H,8H2,1H3. The number of nitriles is 1. The molecule has 0 fully saturated rings. The molecule has 1 N–H and O–H groups in total. The van der Waals surface area contributed by atoms with Gasteiger partial charge in [0.2, 0.25) is 0 Å². The van der Waals surface area contributed by atoms with Crippen molar-refractivity contribution in [1.82, 2.24) is 9.55 Å². The van der Waals surface area contributed by atoms with Crippen LogP contribution < -0.4 is 5.32 Å². The molecule has 1 aromatic heterocycles. The van der Waals surface area contributed by atoms with E-state index in [9.17, 15) is 10.1 Å². The number of hydrogen-bond donors (Lipinski definition) is 1. The third-order valence-electron chi connectivity index (χ3n) is 2.77. The van der Waals surface area contributed by atoms with Crippen molar-refractivity contribution in [2.24, 2.45) is 0 Å². The number of nitrogens with one attached hydrogen (secondary N) is 1. The number of rotatable bonds is 5. The molecule has 7 nitrogen and oxygen atoms in total. The van der Waals surface area contributed by atoms with E-state index in [2.05, 4.69) is 10.3 Å². The van der Waals surface area contributed by atoms with Crippen LogP contribution >= 0.6 is 0 Å². The normalized spacial score (nSPS) is 11.6. The van der Waals surface area contributed by atoms with E-state index in [4.69, 9.17) is 5.26 Å². The summed E-state index contributed by atoms with van der Waals surface area (Å²) in [7, 11) is 0. The van der Waals surface area contributed by atoms with Crippen molar-refractivity contribution >= 4 is 11.4 Å². The molecule has 1 heterocycles. The fourth-order valence-electron chi connectivity index (χ4n) is 1.91. The summed E-state index contributed by atoms with van der Waals surface area (Å²) in [5.74, 6) is 0. The van der Waals surface area contributed by atoms with Gasteiger partial charge in [-0.25, -0.2) is 4.98 Å². The molecule has 0 aliphatic carbocycles. The summed E-state index contributed by atoms with van der Waals surface area (Å²) in [6, 6.07) is 6.37. The van der Waals surface area contributed by atoms with Crippen LogP contribution in [0, 0.1) is 21.4 Å². The van der Waals surface area contributed by atoms with Gasteiger partial charge in [-0.3, -0.25) is 10.1 Å². The Morgan fingerprint density at radius 3 is 3.00 bits per heavy atom. The second-order valence-electron chi connectivity index (χ2n) is 4.41. The molecule has 1 aromatic carbocycles. The quantitative estimate of drug-likeness (QED) is 0.664. The van der Waals surface area contributed by atoms with Gasteiger partial charge in [-0.1, -0.05) is 0 Å². The van der Waals surface area contributed by atoms with Crippen LogP contribution in [0.4, 0.5) is 11.4 Å². The molecule has 0 radical (unpaired) electrons. The minimum absolute atomic E-state index is 0.0582. The number of nitro groups is 1. The van der Waals surface area contributed by atoms with Crippen LogP contribution in [0.2, 0.25) is 0 Å². The van der Waals surface area contributed by atoms with E-state index >= 15 is 0 Å². The molecule has 0 aliphatic heterocycles. The van der Waals surface area contributed by atoms with Gasteiger partial charge in [-0.05, 0) is 19.1 Å². The minimum atomic E-state index is -0.551. The highest BCUT2D eigenvalue weighted by atomic mass is 16.6. The Morgan fingerprint density at radius 1 is 1.60 bits per heavy atom. The first kappa shape index (κ1) is 13.5. The molecule has 1 atom stereocenters. The van der Waals surface area contributed by atoms with Gasteiger partial charge < -0.3 is 9.88 Å². The van der Waals surface area contributed by atoms with Crippen molar-refractivity contribution in [3.63, 3.8) is 0 Å². The fraction of sp³-hybridized carbons (Fsp3) is 0.231. The number of nitro benzene ring substituents is 1. The van der Waals surface area contributed by atoms with Gasteiger partial charge in [0.05, 0.1) is 11.3 Å². The van der Waals surface area contributed by atoms with Gasteiger partial charge in [-0.15, -0.1) is 0 Å². The van der Waals surface area contributed by atoms with Crippen molar-refractivity contribution < 1.29 is 4.92 Å². The van der Waals surface area contributed by atoms with Gasteiger partial charge in [0, 0.05) is 36.7 Å². The molecular weight excluding hydrogens is 258 g/mol. The van der Waals surface area contributed by atoms with E-state index in [0.717, 1.165) is 0 Å². The highest BCUT2D eigenvalue weighted by Gasteiger charge is 2.15. The van der Waals surface area contributed by atoms with Crippen molar-refractivity contribution in [2.75, 3.05) is 5.32 Å². The second kappa shape index (κ2) is 5.84. The lowest BCUT2D eigenvalue weighted by Crippen LogP contribution is -2.21. The summed E-state index contributed by atoms with van der Waals surface area (Å²) in [6.45, 7) is 2.65. The molecule has 2 aromatic rings. The lowest BCUT2D eigenvalue weighted by molar-refractivity contribution is -0.385. The van der Waals surface area contributed by atoms with E-state index in [0.29, 0.717) is 12.2 Å². The zero-order chi connectivity index (χ0) is 14.5. The summed E-state index contributed by atoms with van der Waals surface area (Å²) in [4.78, 5) is 14.3. The zero-order valence-electron chi connectivity index (χ0n) is 10.9. The number of nitrogens with zero attached hydrogens (tertiary/aromatic N) is 4. The molecular formula is C13H13N5O2. The Hall–Kier alpha value is -2.88. The third-order valence-corrected chi connectivity index (χ3v) is 2.77. The number of anilines is 1. The smallest absolute Gasteiger partial charge is 0.289 e. The maximum absolute atomic E-state index is 10.9. The molecule has 2 rings (SSSR count). The fourth-order valence-corrected chi connectivity index (χ4v) is 1.91. The Bertz CT molecular complexity index is 645. The van der Waals surface area contributed by atoms with Crippen LogP contribution in [0.25, 0.3) is 0 Å². The number of hydrogen-bond acceptors (Lipinski definition) is 5. The van der Waals surface area contributed by atoms with Gasteiger partial charge in [0.25, 0.3) is 5.69 Å². The van der Waals surface area contributed by atoms with Gasteiger partial charge in [0.1, 0.15) is 11.6 Å². The molecule has 0 aliphatic rings. The van der Waals surface area contributed by atoms with E-state index in [1.165, 1.54) is 12.1 Å². The Labute approximate surface area is 115 Å². The maximum Gasteiger partial charge on any atom is 0.289 e. The minimum Gasteiger partial charge on any atom is -0.381 e. The predicted octanol–water partition coefficient (Wildman–Crippen LogP) is 2.16. The average molecular weight is 271 g/mol. The van der Waals surface area contributed by atoms with Crippen LogP contribution in [0.1, 0.15) is 12.5 Å². The Kier molecular flexibility index (Phi) is 3.96. The summed E-state index contributed by atoms with van der Waals surface area (Å²) >= 11 is 0. The lowest BCUT2D eigenvalue weighted by Gasteiger charge is -2.15. The molecule has 0 saturated carbocycles. The maximum atomic E-state index is 10.9. The SMILES string of the molecule is CC(Cn1ccnc1)Nc1ccc(C#N)c([N+](=O)[O-])c1. The summed E-state index contributed by atoms with van der Waals surface area (Å²) < 4.78 is 1.91. The topological polar surface area (TPSA) is 96.8 Å². The van der Waals surface area contributed by atoms with E-state index in [1.54, 1.807) is 18.6 Å². The van der Waals surface area contributed by atoms with E-state index < -0.39 is 4.92 Å². The van der Waals surface area contributed by atoms with Crippen molar-refractivity contribution in [3.05, 3.63) is 52.6 Å². The summed E-state index contributed by atoms with van der Waals surface area (Å²) in [5, 5.41) is 22.9. The Morgan fingerprint density at radius 2 is 2.40 bits per heavy atom. The van der Waals surface area contributed by atoms with Crippen LogP contribution in [0.3, 0.4) is 0 Å². The molecule has 0 saturated heterocycles. The van der Waals surface area contributed by atoms with E-state index in [1.807, 2.05) is 23.8 Å². The molecule has 0 spiro atoms. The molecule has 0 bridgehead atoms. The van der Waals surface area contributed by atoms with Crippen molar-refractivity contribution in [3.8, 4) is 6.07 Å². The highest BCUT2D eigenvalue weighted by Crippen LogP contribution is 2.23. The largest absolute Gasteiger partial charge is 0.381 e. The number of benzene rings is 1. The number of aromatic nitrogens is 2. The van der Waals surface area contributed by atoms with Crippen LogP contribution in [-0.2, 0) is 6.54 Å². The first-order chi connectivity index (χ1) is 9.60. The van der Waals surface area contributed by atoms with Crippen molar-refractivity contribution in [2.45, 2.75) is 19.5 Å². The molecule has 20 heavy (non-hydrogen) atoms. The van der Waals surface area contributed by atoms with Gasteiger partial charge in [-0.2, -0.15) is 5.26 Å². The highest BCUT2D eigenvalue weighted by molar-refractivity contribution is 5.59. The van der Waals surface area contributed by atoms with E-state index in [-0.39, 0.29) is 17.3 Å². The summed E-state index contributed by atoms with van der Waals surface area (Å²) in [6.07, 6.45) is 5.25. The third kappa shape index (κ3) is 3.11. The average Bonchev–Trinajstić information content (AvgIpc) is 2.91. The van der Waals surface area contributed by atoms with Crippen LogP contribution in [0.5, 0.6) is 0 Å². The predicted molar refractivity (Wildman–Crippen MR) is 73.1 cm³/mol. The summed E-state index contributed by atoms with van der Waals surface area (Å²) in [5.41, 5.74) is 0.485. The van der Waals surface area contributed by atoms with Crippen LogP contribution in [0.15, 0.2) is 36.9 Å². The van der Waals surface area contributed by atoms with Gasteiger partial charge in [0.15, 0.2) is 0 Å². The molecule has 0 amide bonds. The lowest BCUT2D eigenvalue weighted by atomic mass is 10.1. The van der Waals surface area contributed by atoms with Gasteiger partial charge >= 0.3 is 0 Å². The molecule has 7 heteroatoms. The number of imidazole rings is 1. The molecule has 102 valence electrons. The zero-order valence-corrected chi connectivity index (χ0v) is 10.9. The Balaban J connectivity index is 2.11.